The topological polar surface area (TPSA) is 78.5 Å². The number of benzene rings is 1. The maximum absolute atomic E-state index is 13.0. The fraction of sp³-hybridized carbons (Fsp3) is 0.588. The second-order valence-electron chi connectivity index (χ2n) is 6.64. The zero-order valence-corrected chi connectivity index (χ0v) is 15.5. The van der Waals surface area contributed by atoms with Gasteiger partial charge in [0.05, 0.1) is 4.90 Å². The van der Waals surface area contributed by atoms with Crippen LogP contribution in [-0.4, -0.2) is 44.4 Å². The minimum absolute atomic E-state index is 0.0971. The first-order chi connectivity index (χ1) is 11.8. The second kappa shape index (κ2) is 8.62. The molecule has 1 heterocycles. The number of hydrogen-bond acceptors (Lipinski definition) is 3. The van der Waals surface area contributed by atoms with Gasteiger partial charge in [0.1, 0.15) is 5.82 Å². The number of nitrogens with one attached hydrogen (secondary N) is 2. The lowest BCUT2D eigenvalue weighted by atomic mass is 9.95. The summed E-state index contributed by atoms with van der Waals surface area (Å²) in [6, 6.07) is 4.84. The van der Waals surface area contributed by atoms with Crippen molar-refractivity contribution in [3.8, 4) is 0 Å². The molecule has 1 aliphatic heterocycles. The van der Waals surface area contributed by atoms with Crippen LogP contribution >= 0.6 is 0 Å². The highest BCUT2D eigenvalue weighted by Crippen LogP contribution is 2.25. The van der Waals surface area contributed by atoms with Crippen LogP contribution < -0.4 is 10.6 Å². The van der Waals surface area contributed by atoms with Gasteiger partial charge in [-0.3, -0.25) is 0 Å². The Bertz CT molecular complexity index is 669. The van der Waals surface area contributed by atoms with Gasteiger partial charge in [-0.2, -0.15) is 4.31 Å². The van der Waals surface area contributed by atoms with Crippen molar-refractivity contribution in [2.75, 3.05) is 19.6 Å². The van der Waals surface area contributed by atoms with E-state index in [1.165, 1.54) is 16.4 Å². The van der Waals surface area contributed by atoms with Crippen molar-refractivity contribution < 1.29 is 17.6 Å². The molecule has 2 N–H and O–H groups in total. The third-order valence-corrected chi connectivity index (χ3v) is 6.20. The van der Waals surface area contributed by atoms with Gasteiger partial charge in [-0.25, -0.2) is 17.6 Å². The van der Waals surface area contributed by atoms with E-state index in [1.54, 1.807) is 0 Å². The quantitative estimate of drug-likeness (QED) is 0.806. The van der Waals surface area contributed by atoms with Crippen molar-refractivity contribution in [2.24, 2.45) is 5.92 Å². The van der Waals surface area contributed by atoms with E-state index in [2.05, 4.69) is 10.6 Å². The number of hydrogen-bond donors (Lipinski definition) is 2. The predicted octanol–water partition coefficient (Wildman–Crippen LogP) is 2.32. The second-order valence-corrected chi connectivity index (χ2v) is 8.58. The Balaban J connectivity index is 1.79. The zero-order valence-electron chi connectivity index (χ0n) is 14.7. The van der Waals surface area contributed by atoms with Crippen LogP contribution in [0.25, 0.3) is 0 Å². The van der Waals surface area contributed by atoms with Crippen molar-refractivity contribution in [1.82, 2.24) is 14.9 Å². The molecule has 2 amide bonds. The highest BCUT2D eigenvalue weighted by atomic mass is 32.2. The lowest BCUT2D eigenvalue weighted by Gasteiger charge is -2.31. The third-order valence-electron chi connectivity index (χ3n) is 4.28. The monoisotopic (exact) mass is 371 g/mol. The summed E-state index contributed by atoms with van der Waals surface area (Å²) in [4.78, 5) is 11.6. The van der Waals surface area contributed by atoms with E-state index in [-0.39, 0.29) is 17.0 Å². The molecule has 25 heavy (non-hydrogen) atoms. The summed E-state index contributed by atoms with van der Waals surface area (Å²) in [7, 11) is -3.56. The van der Waals surface area contributed by atoms with Gasteiger partial charge in [0.15, 0.2) is 0 Å². The summed E-state index contributed by atoms with van der Waals surface area (Å²) in [5, 5.41) is 5.58. The molecule has 0 spiro atoms. The fourth-order valence-electron chi connectivity index (χ4n) is 2.90. The molecule has 0 radical (unpaired) electrons. The van der Waals surface area contributed by atoms with E-state index >= 15 is 0 Å². The molecule has 1 fully saturated rings. The number of nitrogens with zero attached hydrogens (tertiary/aromatic N) is 1. The molecule has 6 nitrogen and oxygen atoms in total. The fourth-order valence-corrected chi connectivity index (χ4v) is 4.37. The number of sulfonamides is 1. The normalized spacial score (nSPS) is 16.8. The van der Waals surface area contributed by atoms with Crippen molar-refractivity contribution in [3.05, 3.63) is 30.1 Å². The van der Waals surface area contributed by atoms with Gasteiger partial charge in [-0.15, -0.1) is 0 Å². The molecule has 1 saturated heterocycles. The molecular formula is C17H26FN3O3S. The van der Waals surface area contributed by atoms with Crippen molar-refractivity contribution in [3.63, 3.8) is 0 Å². The number of rotatable bonds is 6. The first kappa shape index (κ1) is 19.7. The molecule has 0 atom stereocenters. The Morgan fingerprint density at radius 3 is 2.40 bits per heavy atom. The molecule has 1 aromatic rings. The average molecular weight is 371 g/mol. The molecule has 1 aliphatic rings. The number of halogens is 1. The minimum Gasteiger partial charge on any atom is -0.338 e. The summed E-state index contributed by atoms with van der Waals surface area (Å²) in [6.45, 7) is 5.27. The summed E-state index contributed by atoms with van der Waals surface area (Å²) >= 11 is 0. The molecule has 0 aromatic heterocycles. The molecule has 0 unspecified atom stereocenters. The summed E-state index contributed by atoms with van der Waals surface area (Å²) < 4.78 is 39.5. The molecule has 8 heteroatoms. The number of piperidine rings is 1. The SMILES string of the molecule is CC(C)NC(=O)NCCC1CCN(S(=O)(=O)c2ccc(F)cc2)CC1. The maximum atomic E-state index is 13.0. The Hall–Kier alpha value is -1.67. The predicted molar refractivity (Wildman–Crippen MR) is 94.2 cm³/mol. The standard InChI is InChI=1S/C17H26FN3O3S/c1-13(2)20-17(22)19-10-7-14-8-11-21(12-9-14)25(23,24)16-5-3-15(18)4-6-16/h3-6,13-14H,7-12H2,1-2H3,(H2,19,20,22). The highest BCUT2D eigenvalue weighted by Gasteiger charge is 2.29. The van der Waals surface area contributed by atoms with Gasteiger partial charge in [-0.1, -0.05) is 0 Å². The number of carbonyl (C=O) groups excluding carboxylic acids is 1. The third kappa shape index (κ3) is 5.67. The van der Waals surface area contributed by atoms with E-state index in [0.717, 1.165) is 31.4 Å². The van der Waals surface area contributed by atoms with Crippen LogP contribution in [0, 0.1) is 11.7 Å². The van der Waals surface area contributed by atoms with E-state index in [4.69, 9.17) is 0 Å². The van der Waals surface area contributed by atoms with Crippen molar-refractivity contribution in [2.45, 2.75) is 44.0 Å². The van der Waals surface area contributed by atoms with Crippen molar-refractivity contribution >= 4 is 16.1 Å². The van der Waals surface area contributed by atoms with Crippen LogP contribution in [-0.2, 0) is 10.0 Å². The van der Waals surface area contributed by atoms with Gasteiger partial charge in [-0.05, 0) is 63.3 Å². The molecule has 2 rings (SSSR count). The number of carbonyl (C=O) groups is 1. The zero-order chi connectivity index (χ0) is 18.4. The smallest absolute Gasteiger partial charge is 0.314 e. The van der Waals surface area contributed by atoms with Crippen LogP contribution in [0.1, 0.15) is 33.1 Å². The average Bonchev–Trinajstić information content (AvgIpc) is 2.55. The minimum atomic E-state index is -3.56. The Morgan fingerprint density at radius 2 is 1.84 bits per heavy atom. The first-order valence-electron chi connectivity index (χ1n) is 8.59. The summed E-state index contributed by atoms with van der Waals surface area (Å²) in [6.07, 6.45) is 2.34. The van der Waals surface area contributed by atoms with Crippen molar-refractivity contribution in [1.29, 1.82) is 0 Å². The molecule has 0 bridgehead atoms. The van der Waals surface area contributed by atoms with Gasteiger partial charge in [0.2, 0.25) is 10.0 Å². The van der Waals surface area contributed by atoms with Crippen LogP contribution in [0.2, 0.25) is 0 Å². The molecule has 1 aromatic carbocycles. The lowest BCUT2D eigenvalue weighted by Crippen LogP contribution is -2.41. The summed E-state index contributed by atoms with van der Waals surface area (Å²) in [5.74, 6) is -0.0642. The molecule has 140 valence electrons. The number of urea groups is 1. The van der Waals surface area contributed by atoms with Gasteiger partial charge in [0.25, 0.3) is 0 Å². The molecule has 0 saturated carbocycles. The largest absolute Gasteiger partial charge is 0.338 e. The molecule has 0 aliphatic carbocycles. The van der Waals surface area contributed by atoms with Gasteiger partial charge in [0, 0.05) is 25.7 Å². The van der Waals surface area contributed by atoms with E-state index in [1.807, 2.05) is 13.8 Å². The first-order valence-corrected chi connectivity index (χ1v) is 10.0. The van der Waals surface area contributed by atoms with Gasteiger partial charge >= 0.3 is 6.03 Å². The van der Waals surface area contributed by atoms with E-state index in [0.29, 0.717) is 25.6 Å². The maximum Gasteiger partial charge on any atom is 0.314 e. The van der Waals surface area contributed by atoms with E-state index < -0.39 is 15.8 Å². The van der Waals surface area contributed by atoms with Crippen LogP contribution in [0.15, 0.2) is 29.2 Å². The number of amides is 2. The van der Waals surface area contributed by atoms with Gasteiger partial charge < -0.3 is 10.6 Å². The van der Waals surface area contributed by atoms with Crippen LogP contribution in [0.3, 0.4) is 0 Å². The van der Waals surface area contributed by atoms with Crippen LogP contribution in [0.5, 0.6) is 0 Å². The van der Waals surface area contributed by atoms with Crippen LogP contribution in [0.4, 0.5) is 9.18 Å². The Labute approximate surface area is 148 Å². The Kier molecular flexibility index (Phi) is 6.78. The molecular weight excluding hydrogens is 345 g/mol. The lowest BCUT2D eigenvalue weighted by molar-refractivity contribution is 0.234. The highest BCUT2D eigenvalue weighted by molar-refractivity contribution is 7.89. The summed E-state index contributed by atoms with van der Waals surface area (Å²) in [5.41, 5.74) is 0. The van der Waals surface area contributed by atoms with E-state index in [9.17, 15) is 17.6 Å². The Morgan fingerprint density at radius 1 is 1.24 bits per heavy atom.